The number of nitrogens with zero attached hydrogens (tertiary/aromatic N) is 1. The van der Waals surface area contributed by atoms with Gasteiger partial charge in [0.25, 0.3) is 5.91 Å². The van der Waals surface area contributed by atoms with Crippen molar-refractivity contribution in [3.05, 3.63) is 70.2 Å². The third-order valence-electron chi connectivity index (χ3n) is 4.79. The van der Waals surface area contributed by atoms with Crippen molar-refractivity contribution in [3.8, 4) is 16.3 Å². The first-order valence-corrected chi connectivity index (χ1v) is 10.4. The topological polar surface area (TPSA) is 77.5 Å². The maximum atomic E-state index is 12.3. The zero-order valence-electron chi connectivity index (χ0n) is 17.4. The Morgan fingerprint density at radius 2 is 1.83 bits per heavy atom. The van der Waals surface area contributed by atoms with Crippen LogP contribution in [0.25, 0.3) is 10.6 Å². The van der Waals surface area contributed by atoms with Crippen LogP contribution >= 0.6 is 11.3 Å². The SMILES string of the molecule is COc1ccc(-c2nc(C(=O)OCC(=O)NC(C)c3ccc(C)c(C)c3)cs2)cc1. The second kappa shape index (κ2) is 9.54. The van der Waals surface area contributed by atoms with E-state index in [0.29, 0.717) is 5.01 Å². The molecule has 30 heavy (non-hydrogen) atoms. The number of methoxy groups -OCH3 is 1. The summed E-state index contributed by atoms with van der Waals surface area (Å²) in [5.41, 5.74) is 4.42. The molecule has 0 saturated heterocycles. The zero-order valence-corrected chi connectivity index (χ0v) is 18.2. The lowest BCUT2D eigenvalue weighted by Gasteiger charge is -2.15. The van der Waals surface area contributed by atoms with Crippen LogP contribution in [0.15, 0.2) is 47.8 Å². The standard InChI is InChI=1S/C23H24N2O4S/c1-14-5-6-18(11-15(14)2)16(3)24-21(26)12-29-23(27)20-13-30-22(25-20)17-7-9-19(28-4)10-8-17/h5-11,13,16H,12H2,1-4H3,(H,24,26). The van der Waals surface area contributed by atoms with Gasteiger partial charge in [0.1, 0.15) is 10.8 Å². The van der Waals surface area contributed by atoms with Gasteiger partial charge < -0.3 is 14.8 Å². The molecule has 0 aliphatic heterocycles. The summed E-state index contributed by atoms with van der Waals surface area (Å²) in [4.78, 5) is 28.7. The minimum atomic E-state index is -0.625. The van der Waals surface area contributed by atoms with Crippen molar-refractivity contribution in [1.29, 1.82) is 0 Å². The Morgan fingerprint density at radius 3 is 2.50 bits per heavy atom. The second-order valence-electron chi connectivity index (χ2n) is 6.98. The third-order valence-corrected chi connectivity index (χ3v) is 5.68. The molecule has 0 aliphatic carbocycles. The highest BCUT2D eigenvalue weighted by atomic mass is 32.1. The van der Waals surface area contributed by atoms with Crippen LogP contribution in [0.1, 0.15) is 40.1 Å². The number of ether oxygens (including phenoxy) is 2. The van der Waals surface area contributed by atoms with Crippen LogP contribution in [0.5, 0.6) is 5.75 Å². The second-order valence-corrected chi connectivity index (χ2v) is 7.83. The predicted octanol–water partition coefficient (Wildman–Crippen LogP) is 4.47. The summed E-state index contributed by atoms with van der Waals surface area (Å²) in [5.74, 6) is -0.240. The molecule has 0 fully saturated rings. The van der Waals surface area contributed by atoms with Gasteiger partial charge in [-0.1, -0.05) is 18.2 Å². The van der Waals surface area contributed by atoms with Gasteiger partial charge in [0.2, 0.25) is 0 Å². The lowest BCUT2D eigenvalue weighted by Crippen LogP contribution is -2.31. The minimum Gasteiger partial charge on any atom is -0.497 e. The molecule has 1 aromatic heterocycles. The monoisotopic (exact) mass is 424 g/mol. The molecule has 0 spiro atoms. The Kier molecular flexibility index (Phi) is 6.84. The first kappa shape index (κ1) is 21.5. The van der Waals surface area contributed by atoms with Gasteiger partial charge in [-0.25, -0.2) is 9.78 Å². The number of aromatic nitrogens is 1. The van der Waals surface area contributed by atoms with E-state index in [4.69, 9.17) is 9.47 Å². The van der Waals surface area contributed by atoms with Crippen LogP contribution in [0.3, 0.4) is 0 Å². The molecule has 1 amide bonds. The van der Waals surface area contributed by atoms with Gasteiger partial charge in [0.05, 0.1) is 13.2 Å². The molecule has 0 saturated carbocycles. The van der Waals surface area contributed by atoms with E-state index in [1.807, 2.05) is 63.2 Å². The molecule has 1 unspecified atom stereocenters. The van der Waals surface area contributed by atoms with Crippen molar-refractivity contribution in [2.45, 2.75) is 26.8 Å². The lowest BCUT2D eigenvalue weighted by molar-refractivity contribution is -0.124. The summed E-state index contributed by atoms with van der Waals surface area (Å²) in [5, 5.41) is 5.16. The van der Waals surface area contributed by atoms with Gasteiger partial charge in [-0.15, -0.1) is 11.3 Å². The fourth-order valence-corrected chi connectivity index (χ4v) is 3.63. The Bertz CT molecular complexity index is 1040. The van der Waals surface area contributed by atoms with E-state index in [1.165, 1.54) is 16.9 Å². The summed E-state index contributed by atoms with van der Waals surface area (Å²) in [7, 11) is 1.60. The molecule has 0 aliphatic rings. The smallest absolute Gasteiger partial charge is 0.358 e. The fraction of sp³-hybridized carbons (Fsp3) is 0.261. The maximum absolute atomic E-state index is 12.3. The minimum absolute atomic E-state index is 0.181. The molecule has 156 valence electrons. The summed E-state index contributed by atoms with van der Waals surface area (Å²) < 4.78 is 10.3. The molecule has 7 heteroatoms. The molecule has 1 atom stereocenters. The summed E-state index contributed by atoms with van der Waals surface area (Å²) in [6.45, 7) is 5.61. The van der Waals surface area contributed by atoms with Crippen LogP contribution in [-0.2, 0) is 9.53 Å². The van der Waals surface area contributed by atoms with E-state index in [9.17, 15) is 9.59 Å². The number of thiazole rings is 1. The fourth-order valence-electron chi connectivity index (χ4n) is 2.84. The number of carbonyl (C=O) groups is 2. The Balaban J connectivity index is 1.54. The van der Waals surface area contributed by atoms with Crippen LogP contribution in [0.4, 0.5) is 0 Å². The lowest BCUT2D eigenvalue weighted by atomic mass is 10.0. The average Bonchev–Trinajstić information content (AvgIpc) is 3.24. The molecule has 6 nitrogen and oxygen atoms in total. The highest BCUT2D eigenvalue weighted by molar-refractivity contribution is 7.13. The highest BCUT2D eigenvalue weighted by Gasteiger charge is 2.16. The normalized spacial score (nSPS) is 11.6. The van der Waals surface area contributed by atoms with Gasteiger partial charge >= 0.3 is 5.97 Å². The van der Waals surface area contributed by atoms with Crippen LogP contribution < -0.4 is 10.1 Å². The number of hydrogen-bond acceptors (Lipinski definition) is 6. The van der Waals surface area contributed by atoms with Gasteiger partial charge in [0.15, 0.2) is 12.3 Å². The van der Waals surface area contributed by atoms with Gasteiger partial charge in [-0.2, -0.15) is 0 Å². The van der Waals surface area contributed by atoms with Crippen LogP contribution in [0.2, 0.25) is 0 Å². The number of aryl methyl sites for hydroxylation is 2. The van der Waals surface area contributed by atoms with Crippen molar-refractivity contribution in [3.63, 3.8) is 0 Å². The maximum Gasteiger partial charge on any atom is 0.358 e. The molecular formula is C23H24N2O4S. The number of amides is 1. The molecular weight excluding hydrogens is 400 g/mol. The molecule has 1 heterocycles. The molecule has 3 aromatic rings. The van der Waals surface area contributed by atoms with Crippen LogP contribution in [-0.4, -0.2) is 30.6 Å². The predicted molar refractivity (Wildman–Crippen MR) is 117 cm³/mol. The van der Waals surface area contributed by atoms with Crippen molar-refractivity contribution >= 4 is 23.2 Å². The highest BCUT2D eigenvalue weighted by Crippen LogP contribution is 2.26. The Hall–Kier alpha value is -3.19. The largest absolute Gasteiger partial charge is 0.497 e. The number of hydrogen-bond donors (Lipinski definition) is 1. The Labute approximate surface area is 179 Å². The van der Waals surface area contributed by atoms with Gasteiger partial charge in [-0.05, 0) is 61.7 Å². The molecule has 0 bridgehead atoms. The van der Waals surface area contributed by atoms with Gasteiger partial charge in [-0.3, -0.25) is 4.79 Å². The van der Waals surface area contributed by atoms with Gasteiger partial charge in [0, 0.05) is 10.9 Å². The van der Waals surface area contributed by atoms with E-state index in [-0.39, 0.29) is 24.2 Å². The van der Waals surface area contributed by atoms with Crippen molar-refractivity contribution < 1.29 is 19.1 Å². The van der Waals surface area contributed by atoms with E-state index < -0.39 is 5.97 Å². The third kappa shape index (κ3) is 5.24. The first-order chi connectivity index (χ1) is 14.4. The van der Waals surface area contributed by atoms with Crippen molar-refractivity contribution in [2.75, 3.05) is 13.7 Å². The average molecular weight is 425 g/mol. The van der Waals surface area contributed by atoms with E-state index in [1.54, 1.807) is 12.5 Å². The molecule has 3 rings (SSSR count). The van der Waals surface area contributed by atoms with E-state index in [2.05, 4.69) is 10.3 Å². The number of benzene rings is 2. The molecule has 1 N–H and O–H groups in total. The number of rotatable bonds is 7. The summed E-state index contributed by atoms with van der Waals surface area (Å²) in [6.07, 6.45) is 0. The summed E-state index contributed by atoms with van der Waals surface area (Å²) in [6, 6.07) is 13.3. The van der Waals surface area contributed by atoms with E-state index in [0.717, 1.165) is 22.4 Å². The number of nitrogens with one attached hydrogen (secondary N) is 1. The number of carbonyl (C=O) groups excluding carboxylic acids is 2. The van der Waals surface area contributed by atoms with Crippen molar-refractivity contribution in [2.24, 2.45) is 0 Å². The Morgan fingerprint density at radius 1 is 1.10 bits per heavy atom. The quantitative estimate of drug-likeness (QED) is 0.566. The van der Waals surface area contributed by atoms with E-state index >= 15 is 0 Å². The zero-order chi connectivity index (χ0) is 21.7. The van der Waals surface area contributed by atoms with Crippen LogP contribution in [0, 0.1) is 13.8 Å². The number of esters is 1. The molecule has 0 radical (unpaired) electrons. The molecule has 2 aromatic carbocycles. The first-order valence-electron chi connectivity index (χ1n) is 9.51. The van der Waals surface area contributed by atoms with Crippen molar-refractivity contribution in [1.82, 2.24) is 10.3 Å². The summed E-state index contributed by atoms with van der Waals surface area (Å²) >= 11 is 1.34.